The number of hydrogen-bond acceptors (Lipinski definition) is 3. The lowest BCUT2D eigenvalue weighted by atomic mass is 10.2. The lowest BCUT2D eigenvalue weighted by Crippen LogP contribution is -2.33. The van der Waals surface area contributed by atoms with Crippen molar-refractivity contribution in [3.8, 4) is 0 Å². The van der Waals surface area contributed by atoms with Crippen LogP contribution >= 0.6 is 15.9 Å². The average molecular weight is 391 g/mol. The van der Waals surface area contributed by atoms with Gasteiger partial charge in [-0.3, -0.25) is 4.79 Å². The minimum Gasteiger partial charge on any atom is -0.337 e. The summed E-state index contributed by atoms with van der Waals surface area (Å²) in [4.78, 5) is 14.2. The molecule has 24 heavy (non-hydrogen) atoms. The van der Waals surface area contributed by atoms with Gasteiger partial charge in [0, 0.05) is 23.1 Å². The zero-order valence-electron chi connectivity index (χ0n) is 13.1. The van der Waals surface area contributed by atoms with Crippen LogP contribution in [-0.2, 0) is 17.9 Å². The first-order chi connectivity index (χ1) is 11.6. The molecule has 0 fully saturated rings. The number of carbonyl (C=O) groups excluding carboxylic acids is 1. The molecule has 3 rings (SSSR count). The second-order valence-electron chi connectivity index (χ2n) is 5.38. The first-order valence-electron chi connectivity index (χ1n) is 7.58. The van der Waals surface area contributed by atoms with Crippen LogP contribution in [0, 0.1) is 5.82 Å². The Morgan fingerprint density at radius 3 is 2.88 bits per heavy atom. The Labute approximate surface area is 147 Å². The van der Waals surface area contributed by atoms with E-state index in [1.807, 2.05) is 31.2 Å². The molecule has 0 N–H and O–H groups in total. The molecule has 0 atom stereocenters. The van der Waals surface area contributed by atoms with Crippen molar-refractivity contribution in [2.45, 2.75) is 20.0 Å². The number of hydrogen-bond donors (Lipinski definition) is 0. The molecule has 0 saturated heterocycles. The highest BCUT2D eigenvalue weighted by molar-refractivity contribution is 9.10. The maximum Gasteiger partial charge on any atom is 0.244 e. The van der Waals surface area contributed by atoms with E-state index in [2.05, 4.69) is 26.2 Å². The van der Waals surface area contributed by atoms with Crippen LogP contribution in [0.3, 0.4) is 0 Å². The molecule has 1 amide bonds. The van der Waals surface area contributed by atoms with Gasteiger partial charge in [-0.1, -0.05) is 33.3 Å². The molecule has 124 valence electrons. The Kier molecular flexibility index (Phi) is 4.89. The molecule has 1 aromatic heterocycles. The van der Waals surface area contributed by atoms with Crippen LogP contribution in [0.4, 0.5) is 4.39 Å². The zero-order chi connectivity index (χ0) is 17.1. The average Bonchev–Trinajstić information content (AvgIpc) is 2.98. The van der Waals surface area contributed by atoms with Gasteiger partial charge in [0.1, 0.15) is 17.9 Å². The number of carbonyl (C=O) groups is 1. The van der Waals surface area contributed by atoms with Crippen molar-refractivity contribution < 1.29 is 9.18 Å². The summed E-state index contributed by atoms with van der Waals surface area (Å²) in [5.41, 5.74) is 2.02. The summed E-state index contributed by atoms with van der Waals surface area (Å²) < 4.78 is 16.3. The van der Waals surface area contributed by atoms with Crippen LogP contribution in [-0.4, -0.2) is 32.3 Å². The first kappa shape index (κ1) is 16.6. The normalized spacial score (nSPS) is 11.0. The molecule has 7 heteroatoms. The lowest BCUT2D eigenvalue weighted by molar-refractivity contribution is -0.132. The molecular weight excluding hydrogens is 375 g/mol. The van der Waals surface area contributed by atoms with E-state index in [0.29, 0.717) is 12.1 Å². The monoisotopic (exact) mass is 390 g/mol. The molecular formula is C17H16BrFN4O. The van der Waals surface area contributed by atoms with E-state index in [4.69, 9.17) is 0 Å². The molecule has 0 aliphatic heterocycles. The lowest BCUT2D eigenvalue weighted by Gasteiger charge is -2.21. The fraction of sp³-hybridized carbons (Fsp3) is 0.235. The standard InChI is InChI=1S/C17H16BrFN4O/c1-2-22(10-12-9-13(18)7-8-14(12)19)17(24)11-23-16-6-4-3-5-15(16)20-21-23/h3-9H,2,10-11H2,1H3. The van der Waals surface area contributed by atoms with Crippen LogP contribution in [0.1, 0.15) is 12.5 Å². The van der Waals surface area contributed by atoms with Gasteiger partial charge in [0.05, 0.1) is 5.52 Å². The number of fused-ring (bicyclic) bond motifs is 1. The van der Waals surface area contributed by atoms with E-state index in [1.54, 1.807) is 21.7 Å². The highest BCUT2D eigenvalue weighted by Crippen LogP contribution is 2.18. The Morgan fingerprint density at radius 2 is 2.08 bits per heavy atom. The zero-order valence-corrected chi connectivity index (χ0v) is 14.7. The smallest absolute Gasteiger partial charge is 0.244 e. The highest BCUT2D eigenvalue weighted by atomic mass is 79.9. The summed E-state index contributed by atoms with van der Waals surface area (Å²) >= 11 is 3.33. The number of benzene rings is 2. The van der Waals surface area contributed by atoms with Crippen LogP contribution in [0.25, 0.3) is 11.0 Å². The van der Waals surface area contributed by atoms with E-state index < -0.39 is 0 Å². The van der Waals surface area contributed by atoms with E-state index in [0.717, 1.165) is 15.5 Å². The summed E-state index contributed by atoms with van der Waals surface area (Å²) in [6.07, 6.45) is 0. The Balaban J connectivity index is 1.78. The van der Waals surface area contributed by atoms with Crippen molar-refractivity contribution in [2.75, 3.05) is 6.54 Å². The second kappa shape index (κ2) is 7.09. The van der Waals surface area contributed by atoms with Crippen molar-refractivity contribution in [1.29, 1.82) is 0 Å². The quantitative estimate of drug-likeness (QED) is 0.670. The third kappa shape index (κ3) is 3.46. The van der Waals surface area contributed by atoms with Gasteiger partial charge in [0.15, 0.2) is 0 Å². The molecule has 5 nitrogen and oxygen atoms in total. The summed E-state index contributed by atoms with van der Waals surface area (Å²) in [5.74, 6) is -0.455. The summed E-state index contributed by atoms with van der Waals surface area (Å²) in [6.45, 7) is 2.64. The predicted molar refractivity (Wildman–Crippen MR) is 92.7 cm³/mol. The molecule has 0 unspecified atom stereocenters. The molecule has 0 aliphatic rings. The van der Waals surface area contributed by atoms with Crippen molar-refractivity contribution >= 4 is 32.9 Å². The minimum absolute atomic E-state index is 0.0734. The Bertz CT molecular complexity index is 880. The summed E-state index contributed by atoms with van der Waals surface area (Å²) in [7, 11) is 0. The molecule has 0 bridgehead atoms. The molecule has 0 aliphatic carbocycles. The van der Waals surface area contributed by atoms with Crippen molar-refractivity contribution in [3.63, 3.8) is 0 Å². The van der Waals surface area contributed by atoms with Crippen molar-refractivity contribution in [1.82, 2.24) is 19.9 Å². The molecule has 0 saturated carbocycles. The van der Waals surface area contributed by atoms with Gasteiger partial charge in [-0.05, 0) is 37.3 Å². The van der Waals surface area contributed by atoms with Gasteiger partial charge >= 0.3 is 0 Å². The molecule has 1 heterocycles. The van der Waals surface area contributed by atoms with Gasteiger partial charge in [0.25, 0.3) is 0 Å². The number of nitrogens with zero attached hydrogens (tertiary/aromatic N) is 4. The third-order valence-corrected chi connectivity index (χ3v) is 4.30. The van der Waals surface area contributed by atoms with Crippen molar-refractivity contribution in [2.24, 2.45) is 0 Å². The number of amides is 1. The van der Waals surface area contributed by atoms with Gasteiger partial charge in [-0.25, -0.2) is 9.07 Å². The summed E-state index contributed by atoms with van der Waals surface area (Å²) in [6, 6.07) is 12.2. The maximum absolute atomic E-state index is 13.9. The van der Waals surface area contributed by atoms with Crippen LogP contribution in [0.2, 0.25) is 0 Å². The number of aromatic nitrogens is 3. The summed E-state index contributed by atoms with van der Waals surface area (Å²) in [5, 5.41) is 8.07. The number of halogens is 2. The van der Waals surface area contributed by atoms with Crippen LogP contribution in [0.5, 0.6) is 0 Å². The molecule has 2 aromatic carbocycles. The third-order valence-electron chi connectivity index (χ3n) is 3.81. The van der Waals surface area contributed by atoms with Crippen LogP contribution < -0.4 is 0 Å². The van der Waals surface area contributed by atoms with Gasteiger partial charge < -0.3 is 4.90 Å². The maximum atomic E-state index is 13.9. The Morgan fingerprint density at radius 1 is 1.29 bits per heavy atom. The van der Waals surface area contributed by atoms with Crippen LogP contribution in [0.15, 0.2) is 46.9 Å². The van der Waals surface area contributed by atoms with E-state index in [9.17, 15) is 9.18 Å². The van der Waals surface area contributed by atoms with Crippen molar-refractivity contribution in [3.05, 3.63) is 58.3 Å². The van der Waals surface area contributed by atoms with E-state index in [-0.39, 0.29) is 24.8 Å². The number of para-hydroxylation sites is 1. The van der Waals surface area contributed by atoms with E-state index >= 15 is 0 Å². The number of rotatable bonds is 5. The SMILES string of the molecule is CCN(Cc1cc(Br)ccc1F)C(=O)Cn1nnc2ccccc21. The van der Waals surface area contributed by atoms with Gasteiger partial charge in [-0.15, -0.1) is 5.10 Å². The Hall–Kier alpha value is -2.28. The molecule has 3 aromatic rings. The molecule has 0 radical (unpaired) electrons. The topological polar surface area (TPSA) is 51.0 Å². The van der Waals surface area contributed by atoms with E-state index in [1.165, 1.54) is 6.07 Å². The molecule has 0 spiro atoms. The largest absolute Gasteiger partial charge is 0.337 e. The van der Waals surface area contributed by atoms with Gasteiger partial charge in [0.2, 0.25) is 5.91 Å². The first-order valence-corrected chi connectivity index (χ1v) is 8.37. The second-order valence-corrected chi connectivity index (χ2v) is 6.30. The van der Waals surface area contributed by atoms with Gasteiger partial charge in [-0.2, -0.15) is 0 Å². The highest BCUT2D eigenvalue weighted by Gasteiger charge is 2.17. The number of likely N-dealkylation sites (N-methyl/N-ethyl adjacent to an activating group) is 1. The minimum atomic E-state index is -0.323. The predicted octanol–water partition coefficient (Wildman–Crippen LogP) is 3.38. The fourth-order valence-electron chi connectivity index (χ4n) is 2.51. The fourth-order valence-corrected chi connectivity index (χ4v) is 2.92.